The van der Waals surface area contributed by atoms with E-state index >= 15 is 0 Å². The van der Waals surface area contributed by atoms with Crippen LogP contribution in [0, 0.1) is 35.5 Å². The highest BCUT2D eigenvalue weighted by molar-refractivity contribution is 6.05. The summed E-state index contributed by atoms with van der Waals surface area (Å²) in [6, 6.07) is 0. The van der Waals surface area contributed by atoms with Crippen LogP contribution in [0.1, 0.15) is 103 Å². The minimum absolute atomic E-state index is 0.00186. The first-order valence-electron chi connectivity index (χ1n) is 22.5. The number of aromatic nitrogens is 2. The molecule has 0 spiro atoms. The lowest BCUT2D eigenvalue weighted by Crippen LogP contribution is -2.46. The predicted molar refractivity (Wildman–Crippen MR) is 242 cm³/mol. The molecule has 13 atom stereocenters. The molecule has 0 saturated heterocycles. The van der Waals surface area contributed by atoms with Gasteiger partial charge in [-0.3, -0.25) is 29.3 Å². The molecule has 0 radical (unpaired) electrons. The molecule has 0 unspecified atom stereocenters. The molecule has 20 nitrogen and oxygen atoms in total. The molecule has 3 heterocycles. The highest BCUT2D eigenvalue weighted by Gasteiger charge is 2.36. The molecule has 4 N–H and O–H groups in total. The summed E-state index contributed by atoms with van der Waals surface area (Å²) in [5.41, 5.74) is 5.42. The van der Waals surface area contributed by atoms with Gasteiger partial charge in [0.25, 0.3) is 11.8 Å². The summed E-state index contributed by atoms with van der Waals surface area (Å²) in [5, 5.41) is 13.5. The second-order valence-corrected chi connectivity index (χ2v) is 17.6. The summed E-state index contributed by atoms with van der Waals surface area (Å²) in [6.45, 7) is 10.9. The van der Waals surface area contributed by atoms with Crippen molar-refractivity contribution >= 4 is 42.1 Å². The van der Waals surface area contributed by atoms with Crippen LogP contribution >= 0.6 is 0 Å². The van der Waals surface area contributed by atoms with Crippen molar-refractivity contribution in [2.24, 2.45) is 41.2 Å². The van der Waals surface area contributed by atoms with Gasteiger partial charge in [0.2, 0.25) is 18.2 Å². The van der Waals surface area contributed by atoms with Gasteiger partial charge >= 0.3 is 12.1 Å². The number of Topliss-reactive ketones (excluding diaryl/α,β-unsaturated/α-hetero) is 1. The maximum absolute atomic E-state index is 13.9. The minimum Gasteiger partial charge on any atom is -0.462 e. The third-order valence-corrected chi connectivity index (χ3v) is 12.5. The topological polar surface area (TPSA) is 271 Å². The highest BCUT2D eigenvalue weighted by atomic mass is 16.6. The van der Waals surface area contributed by atoms with Gasteiger partial charge in [-0.25, -0.2) is 14.8 Å². The Kier molecular flexibility index (Phi) is 23.0. The van der Waals surface area contributed by atoms with Crippen molar-refractivity contribution in [1.29, 1.82) is 0 Å². The monoisotopic (exact) mass is 945 g/mol. The van der Waals surface area contributed by atoms with E-state index in [0.717, 1.165) is 6.26 Å². The number of amides is 4. The second-order valence-electron chi connectivity index (χ2n) is 17.6. The largest absolute Gasteiger partial charge is 0.462 e. The standard InChI is InChI=1S/C47H71N5O15/c1-26-19-32(66-47(48)59)21-41(56)67-39(22-38(61-9)27(2)15-16-35(54)29(4)42(62-10)28(3)17-18-52(7)25-53)31(6)37(60-8)13-12-14-40-49-34(24-64-40)46-50-33(23-65-46)44(57)51-45(58)43(63-11)30(5)36(55)20-26/h12,14,17-18,23-32,36-39,42-43,55H,13,15-16,19-22H2,1-11H3,(H2,48,59)(H,51,57,58)/t26-,27-,28+,29-,30-,31+,32-,36-,37-,38-,39-,42+,43+/m0/s1. The van der Waals surface area contributed by atoms with Crippen LogP contribution < -0.4 is 11.1 Å². The molecule has 0 aliphatic carbocycles. The third-order valence-electron chi connectivity index (χ3n) is 12.5. The third kappa shape index (κ3) is 17.1. The zero-order valence-corrected chi connectivity index (χ0v) is 40.6. The summed E-state index contributed by atoms with van der Waals surface area (Å²) < 4.78 is 45.8. The highest BCUT2D eigenvalue weighted by Crippen LogP contribution is 2.30. The number of ether oxygens (including phenoxy) is 6. The van der Waals surface area contributed by atoms with E-state index in [1.807, 2.05) is 33.8 Å². The number of aliphatic hydroxyl groups is 1. The van der Waals surface area contributed by atoms with Crippen molar-refractivity contribution in [3.63, 3.8) is 0 Å². The lowest BCUT2D eigenvalue weighted by molar-refractivity contribution is -0.160. The van der Waals surface area contributed by atoms with Crippen molar-refractivity contribution in [3.05, 3.63) is 42.5 Å². The molecule has 0 aromatic carbocycles. The lowest BCUT2D eigenvalue weighted by atomic mass is 9.84. The van der Waals surface area contributed by atoms with E-state index in [0.29, 0.717) is 19.3 Å². The van der Waals surface area contributed by atoms with E-state index in [9.17, 15) is 33.9 Å². The van der Waals surface area contributed by atoms with E-state index in [1.165, 1.54) is 25.4 Å². The van der Waals surface area contributed by atoms with Gasteiger partial charge in [-0.1, -0.05) is 53.7 Å². The fourth-order valence-corrected chi connectivity index (χ4v) is 8.36. The number of esters is 1. The molecule has 3 rings (SSSR count). The molecular weight excluding hydrogens is 875 g/mol. The number of ketones is 1. The molecule has 0 saturated carbocycles. The molecule has 4 bridgehead atoms. The number of oxazole rings is 2. The number of cyclic esters (lactones) is 1. The van der Waals surface area contributed by atoms with Gasteiger partial charge in [0.05, 0.1) is 30.8 Å². The molecule has 1 aliphatic heterocycles. The number of methoxy groups -OCH3 is 4. The number of carbonyl (C=O) groups excluding carboxylic acids is 6. The Labute approximate surface area is 392 Å². The fourth-order valence-electron chi connectivity index (χ4n) is 8.36. The first-order chi connectivity index (χ1) is 31.8. The molecule has 67 heavy (non-hydrogen) atoms. The van der Waals surface area contributed by atoms with Crippen LogP contribution in [0.15, 0.2) is 39.7 Å². The van der Waals surface area contributed by atoms with Crippen LogP contribution in [0.25, 0.3) is 17.7 Å². The van der Waals surface area contributed by atoms with E-state index in [-0.39, 0.29) is 78.8 Å². The Balaban J connectivity index is 1.93. The molecular formula is C47H71N5O15. The van der Waals surface area contributed by atoms with E-state index in [4.69, 9.17) is 43.0 Å². The normalized spacial score (nSPS) is 26.2. The van der Waals surface area contributed by atoms with Crippen molar-refractivity contribution < 1.29 is 71.1 Å². The number of rotatable bonds is 17. The summed E-state index contributed by atoms with van der Waals surface area (Å²) in [5.74, 6) is -4.69. The Morgan fingerprint density at radius 2 is 1.69 bits per heavy atom. The van der Waals surface area contributed by atoms with Gasteiger partial charge in [-0.2, -0.15) is 0 Å². The quantitative estimate of drug-likeness (QED) is 0.105. The number of carbonyl (C=O) groups is 6. The molecule has 2 aromatic heterocycles. The average molecular weight is 946 g/mol. The average Bonchev–Trinajstić information content (AvgIpc) is 3.98. The van der Waals surface area contributed by atoms with Gasteiger partial charge in [0.1, 0.15) is 36.6 Å². The predicted octanol–water partition coefficient (Wildman–Crippen LogP) is 5.13. The molecule has 20 heteroatoms. The molecule has 374 valence electrons. The van der Waals surface area contributed by atoms with Crippen LogP contribution in [0.5, 0.6) is 0 Å². The molecule has 1 aliphatic rings. The zero-order chi connectivity index (χ0) is 50.0. The maximum atomic E-state index is 13.9. The molecule has 4 amide bonds. The first kappa shape index (κ1) is 56.0. The Morgan fingerprint density at radius 3 is 2.31 bits per heavy atom. The number of nitrogens with one attached hydrogen (secondary N) is 1. The van der Waals surface area contributed by atoms with Crippen molar-refractivity contribution in [3.8, 4) is 11.6 Å². The smallest absolute Gasteiger partial charge is 0.404 e. The molecule has 2 aromatic rings. The lowest BCUT2D eigenvalue weighted by Gasteiger charge is -2.34. The first-order valence-corrected chi connectivity index (χ1v) is 22.5. The summed E-state index contributed by atoms with van der Waals surface area (Å²) in [4.78, 5) is 86.8. The van der Waals surface area contributed by atoms with Crippen LogP contribution in [0.2, 0.25) is 0 Å². The van der Waals surface area contributed by atoms with Gasteiger partial charge in [-0.05, 0) is 43.6 Å². The van der Waals surface area contributed by atoms with E-state index in [2.05, 4.69) is 15.3 Å². The number of primary amides is 1. The number of nitrogens with zero attached hydrogens (tertiary/aromatic N) is 3. The number of imide groups is 1. The van der Waals surface area contributed by atoms with E-state index < -0.39 is 84.4 Å². The van der Waals surface area contributed by atoms with Crippen molar-refractivity contribution in [2.75, 3.05) is 35.5 Å². The van der Waals surface area contributed by atoms with Crippen LogP contribution in [0.4, 0.5) is 4.79 Å². The van der Waals surface area contributed by atoms with Gasteiger partial charge < -0.3 is 53.0 Å². The Hall–Kier alpha value is -5.28. The minimum atomic E-state index is -1.26. The fraction of sp³-hybridized carbons (Fsp3) is 0.660. The summed E-state index contributed by atoms with van der Waals surface area (Å²) in [7, 11) is 7.53. The number of hydrogen-bond acceptors (Lipinski definition) is 17. The number of fused-ring (bicyclic) bond motifs is 5. The van der Waals surface area contributed by atoms with Gasteiger partial charge in [0, 0.05) is 78.2 Å². The van der Waals surface area contributed by atoms with Gasteiger partial charge in [-0.15, -0.1) is 0 Å². The summed E-state index contributed by atoms with van der Waals surface area (Å²) >= 11 is 0. The van der Waals surface area contributed by atoms with Crippen LogP contribution in [-0.4, -0.2) is 134 Å². The maximum Gasteiger partial charge on any atom is 0.404 e. The van der Waals surface area contributed by atoms with Crippen molar-refractivity contribution in [2.45, 2.75) is 129 Å². The number of nitrogens with two attached hydrogens (primary N) is 1. The van der Waals surface area contributed by atoms with Gasteiger partial charge in [0.15, 0.2) is 11.4 Å². The Bertz CT molecular complexity index is 1970. The van der Waals surface area contributed by atoms with E-state index in [1.54, 1.807) is 53.5 Å². The Morgan fingerprint density at radius 1 is 0.985 bits per heavy atom. The number of aliphatic hydroxyl groups excluding tert-OH is 1. The zero-order valence-electron chi connectivity index (χ0n) is 40.6. The van der Waals surface area contributed by atoms with Crippen LogP contribution in [-0.2, 0) is 47.6 Å². The summed E-state index contributed by atoms with van der Waals surface area (Å²) in [6.07, 6.45) is 4.10. The van der Waals surface area contributed by atoms with Crippen molar-refractivity contribution in [1.82, 2.24) is 20.2 Å². The number of hydrogen-bond donors (Lipinski definition) is 3. The molecule has 0 fully saturated rings. The second kappa shape index (κ2) is 27.5. The van der Waals surface area contributed by atoms with Crippen LogP contribution in [0.3, 0.4) is 0 Å². The SMILES string of the molecule is CO[C@H]([C@H](C)C=CN(C)C=O)[C@@H](C)C(=O)CC[C@H](C)[C@H](C[C@@H]1OC(=O)C[C@@H](OC(N)=O)C[C@H](C)C[C@H](O)[C@H](C)[C@@H](OC)C(=O)NC(=O)c2coc(n2)-c2coc(n2)C=CC[C@H](OC)[C@H]1C)OC.